The maximum atomic E-state index is 4.94. The van der Waals surface area contributed by atoms with Gasteiger partial charge in [-0.3, -0.25) is 0 Å². The normalized spacial score (nSPS) is 21.6. The molecule has 0 amide bonds. The van der Waals surface area contributed by atoms with Gasteiger partial charge in [0.1, 0.15) is 0 Å². The molecule has 0 saturated heterocycles. The van der Waals surface area contributed by atoms with E-state index in [0.29, 0.717) is 17.3 Å². The van der Waals surface area contributed by atoms with E-state index in [0.717, 1.165) is 19.5 Å². The monoisotopic (exact) mass is 266 g/mol. The lowest BCUT2D eigenvalue weighted by Crippen LogP contribution is -2.12. The summed E-state index contributed by atoms with van der Waals surface area (Å²) in [7, 11) is 0. The zero-order chi connectivity index (χ0) is 13.3. The lowest BCUT2D eigenvalue weighted by molar-refractivity contribution is 0.611. The summed E-state index contributed by atoms with van der Waals surface area (Å²) in [5, 5.41) is 4.82. The standard InChI is InChI=1S/C15H26N2S/c1-6-16-9-13-12(7-10(2)3)17-14(18-13)11-8-15(11,4)5/h10-11,16H,6-9H2,1-5H3. The molecular weight excluding hydrogens is 240 g/mol. The molecule has 0 aromatic carbocycles. The van der Waals surface area contributed by atoms with Gasteiger partial charge in [-0.05, 0) is 30.7 Å². The van der Waals surface area contributed by atoms with Gasteiger partial charge >= 0.3 is 0 Å². The molecule has 1 aliphatic rings. The van der Waals surface area contributed by atoms with E-state index in [1.165, 1.54) is 22.0 Å². The molecule has 1 N–H and O–H groups in total. The first kappa shape index (κ1) is 14.0. The van der Waals surface area contributed by atoms with Gasteiger partial charge in [-0.1, -0.05) is 34.6 Å². The molecule has 102 valence electrons. The molecule has 0 bridgehead atoms. The highest BCUT2D eigenvalue weighted by atomic mass is 32.1. The minimum absolute atomic E-state index is 0.489. The van der Waals surface area contributed by atoms with Gasteiger partial charge in [-0.2, -0.15) is 0 Å². The Kier molecular flexibility index (Phi) is 4.12. The van der Waals surface area contributed by atoms with Crippen molar-refractivity contribution in [3.05, 3.63) is 15.6 Å². The van der Waals surface area contributed by atoms with Gasteiger partial charge < -0.3 is 5.32 Å². The van der Waals surface area contributed by atoms with Crippen LogP contribution >= 0.6 is 11.3 Å². The highest BCUT2D eigenvalue weighted by molar-refractivity contribution is 7.11. The van der Waals surface area contributed by atoms with Crippen LogP contribution in [-0.2, 0) is 13.0 Å². The van der Waals surface area contributed by atoms with Crippen LogP contribution in [0.2, 0.25) is 0 Å². The minimum atomic E-state index is 0.489. The van der Waals surface area contributed by atoms with Crippen molar-refractivity contribution in [1.29, 1.82) is 0 Å². The van der Waals surface area contributed by atoms with Crippen molar-refractivity contribution < 1.29 is 0 Å². The predicted molar refractivity (Wildman–Crippen MR) is 79.2 cm³/mol. The molecule has 1 saturated carbocycles. The Bertz CT molecular complexity index is 407. The van der Waals surface area contributed by atoms with E-state index in [4.69, 9.17) is 4.98 Å². The molecule has 1 aromatic heterocycles. The number of nitrogens with one attached hydrogen (secondary N) is 1. The lowest BCUT2D eigenvalue weighted by atomic mass is 10.1. The van der Waals surface area contributed by atoms with Crippen LogP contribution in [0.5, 0.6) is 0 Å². The topological polar surface area (TPSA) is 24.9 Å². The lowest BCUT2D eigenvalue weighted by Gasteiger charge is -2.05. The molecule has 0 spiro atoms. The zero-order valence-electron chi connectivity index (χ0n) is 12.3. The fourth-order valence-electron chi connectivity index (χ4n) is 2.36. The average molecular weight is 266 g/mol. The van der Waals surface area contributed by atoms with Crippen LogP contribution in [0.15, 0.2) is 0 Å². The van der Waals surface area contributed by atoms with Crippen molar-refractivity contribution in [3.63, 3.8) is 0 Å². The third-order valence-corrected chi connectivity index (χ3v) is 4.95. The van der Waals surface area contributed by atoms with Crippen molar-refractivity contribution in [2.45, 2.75) is 59.9 Å². The van der Waals surface area contributed by atoms with E-state index in [1.807, 2.05) is 11.3 Å². The van der Waals surface area contributed by atoms with Gasteiger partial charge in [-0.25, -0.2) is 4.98 Å². The van der Waals surface area contributed by atoms with Crippen LogP contribution in [0.3, 0.4) is 0 Å². The first-order valence-corrected chi connectivity index (χ1v) is 7.95. The summed E-state index contributed by atoms with van der Waals surface area (Å²) in [5.41, 5.74) is 1.83. The van der Waals surface area contributed by atoms with Crippen molar-refractivity contribution in [2.24, 2.45) is 11.3 Å². The summed E-state index contributed by atoms with van der Waals surface area (Å²) in [6.07, 6.45) is 2.42. The van der Waals surface area contributed by atoms with Crippen molar-refractivity contribution in [2.75, 3.05) is 6.54 Å². The SMILES string of the molecule is CCNCc1sc(C2CC2(C)C)nc1CC(C)C. The molecule has 1 fully saturated rings. The summed E-state index contributed by atoms with van der Waals surface area (Å²) in [6, 6.07) is 0. The van der Waals surface area contributed by atoms with Crippen LogP contribution < -0.4 is 5.32 Å². The number of rotatable bonds is 6. The van der Waals surface area contributed by atoms with Crippen molar-refractivity contribution in [3.8, 4) is 0 Å². The zero-order valence-corrected chi connectivity index (χ0v) is 13.2. The summed E-state index contributed by atoms with van der Waals surface area (Å²) >= 11 is 1.94. The number of hydrogen-bond donors (Lipinski definition) is 1. The van der Waals surface area contributed by atoms with E-state index in [1.54, 1.807) is 0 Å². The van der Waals surface area contributed by atoms with Gasteiger partial charge in [0.2, 0.25) is 0 Å². The van der Waals surface area contributed by atoms with E-state index in [-0.39, 0.29) is 0 Å². The van der Waals surface area contributed by atoms with Crippen LogP contribution in [-0.4, -0.2) is 11.5 Å². The van der Waals surface area contributed by atoms with E-state index >= 15 is 0 Å². The maximum absolute atomic E-state index is 4.94. The van der Waals surface area contributed by atoms with E-state index in [2.05, 4.69) is 39.9 Å². The highest BCUT2D eigenvalue weighted by Crippen LogP contribution is 2.59. The van der Waals surface area contributed by atoms with Gasteiger partial charge in [-0.15, -0.1) is 11.3 Å². The molecule has 18 heavy (non-hydrogen) atoms. The largest absolute Gasteiger partial charge is 0.312 e. The van der Waals surface area contributed by atoms with E-state index in [9.17, 15) is 0 Å². The van der Waals surface area contributed by atoms with Crippen molar-refractivity contribution >= 4 is 11.3 Å². The molecule has 1 aliphatic carbocycles. The fourth-order valence-corrected chi connectivity index (χ4v) is 3.74. The quantitative estimate of drug-likeness (QED) is 0.843. The smallest absolute Gasteiger partial charge is 0.0968 e. The van der Waals surface area contributed by atoms with Gasteiger partial charge in [0.15, 0.2) is 0 Å². The summed E-state index contributed by atoms with van der Waals surface area (Å²) in [5.74, 6) is 1.40. The van der Waals surface area contributed by atoms with Crippen LogP contribution in [0.25, 0.3) is 0 Å². The van der Waals surface area contributed by atoms with Crippen LogP contribution in [0.4, 0.5) is 0 Å². The Morgan fingerprint density at radius 2 is 2.11 bits per heavy atom. The van der Waals surface area contributed by atoms with Crippen LogP contribution in [0.1, 0.15) is 62.5 Å². The second kappa shape index (κ2) is 5.30. The maximum Gasteiger partial charge on any atom is 0.0968 e. The third kappa shape index (κ3) is 3.12. The molecule has 0 radical (unpaired) electrons. The Hall–Kier alpha value is -0.410. The summed E-state index contributed by atoms with van der Waals surface area (Å²) in [6.45, 7) is 13.4. The third-order valence-electron chi connectivity index (χ3n) is 3.74. The summed E-state index contributed by atoms with van der Waals surface area (Å²) in [4.78, 5) is 6.40. The van der Waals surface area contributed by atoms with Gasteiger partial charge in [0.25, 0.3) is 0 Å². The van der Waals surface area contributed by atoms with Gasteiger partial charge in [0.05, 0.1) is 10.7 Å². The molecule has 3 heteroatoms. The highest BCUT2D eigenvalue weighted by Gasteiger charge is 2.48. The second-order valence-electron chi connectivity index (χ2n) is 6.55. The molecule has 1 unspecified atom stereocenters. The molecule has 2 rings (SSSR count). The Morgan fingerprint density at radius 3 is 2.61 bits per heavy atom. The first-order chi connectivity index (χ1) is 8.44. The molecule has 2 nitrogen and oxygen atoms in total. The molecule has 1 heterocycles. The number of nitrogens with zero attached hydrogens (tertiary/aromatic N) is 1. The Morgan fingerprint density at radius 1 is 1.44 bits per heavy atom. The Labute approximate surface area is 115 Å². The molecule has 0 aliphatic heterocycles. The predicted octanol–water partition coefficient (Wildman–Crippen LogP) is 3.96. The van der Waals surface area contributed by atoms with Gasteiger partial charge in [0, 0.05) is 17.3 Å². The van der Waals surface area contributed by atoms with Crippen molar-refractivity contribution in [1.82, 2.24) is 10.3 Å². The fraction of sp³-hybridized carbons (Fsp3) is 0.800. The number of aromatic nitrogens is 1. The van der Waals surface area contributed by atoms with Crippen LogP contribution in [0, 0.1) is 11.3 Å². The van der Waals surface area contributed by atoms with E-state index < -0.39 is 0 Å². The Balaban J connectivity index is 2.15. The second-order valence-corrected chi connectivity index (χ2v) is 7.66. The number of thiazole rings is 1. The number of hydrogen-bond acceptors (Lipinski definition) is 3. The average Bonchev–Trinajstić information content (AvgIpc) is 2.74. The summed E-state index contributed by atoms with van der Waals surface area (Å²) < 4.78 is 0. The minimum Gasteiger partial charge on any atom is -0.312 e. The molecular formula is C15H26N2S. The first-order valence-electron chi connectivity index (χ1n) is 7.13. The molecule has 1 atom stereocenters. The molecule has 1 aromatic rings.